The fourth-order valence-corrected chi connectivity index (χ4v) is 6.05. The van der Waals surface area contributed by atoms with Crippen LogP contribution in [0.25, 0.3) is 0 Å². The molecule has 1 rings (SSSR count). The van der Waals surface area contributed by atoms with E-state index in [2.05, 4.69) is 13.8 Å². The van der Waals surface area contributed by atoms with Gasteiger partial charge >= 0.3 is 16.1 Å². The van der Waals surface area contributed by atoms with Crippen molar-refractivity contribution < 1.29 is 17.4 Å². The summed E-state index contributed by atoms with van der Waals surface area (Å²) in [6, 6.07) is 6.97. The van der Waals surface area contributed by atoms with E-state index < -0.39 is 16.1 Å². The van der Waals surface area contributed by atoms with Crippen LogP contribution in [0.4, 0.5) is 0 Å². The van der Waals surface area contributed by atoms with Gasteiger partial charge in [0.25, 0.3) is 0 Å². The third-order valence-electron chi connectivity index (χ3n) is 7.23. The van der Waals surface area contributed by atoms with E-state index in [1.807, 2.05) is 12.1 Å². The summed E-state index contributed by atoms with van der Waals surface area (Å²) in [7, 11) is -4.06. The van der Waals surface area contributed by atoms with Crippen LogP contribution >= 0.6 is 0 Å². The molecule has 0 atom stereocenters. The minimum Gasteiger partial charge on any atom is -0.342 e. The van der Waals surface area contributed by atoms with Crippen molar-refractivity contribution in [2.75, 3.05) is 0 Å². The summed E-state index contributed by atoms with van der Waals surface area (Å²) in [6.45, 7) is 4.45. The van der Waals surface area contributed by atoms with Crippen LogP contribution in [-0.2, 0) is 25.5 Å². The van der Waals surface area contributed by atoms with E-state index >= 15 is 0 Å². The predicted octanol–water partition coefficient (Wildman–Crippen LogP) is 10.1. The van der Waals surface area contributed by atoms with Gasteiger partial charge in [0.15, 0.2) is 0 Å². The second-order valence-electron chi connectivity index (χ2n) is 10.7. The second-order valence-corrected chi connectivity index (χ2v) is 12.2. The Kier molecular flexibility index (Phi) is 20.6. The van der Waals surface area contributed by atoms with Crippen molar-refractivity contribution in [1.29, 1.82) is 0 Å². The van der Waals surface area contributed by atoms with Gasteiger partial charge in [-0.1, -0.05) is 154 Å². The lowest BCUT2D eigenvalue weighted by atomic mass is 10.0. The molecule has 0 saturated carbocycles. The normalized spacial score (nSPS) is 11.6. The number of carbonyl (C=O) groups excluding carboxylic acids is 1. The highest BCUT2D eigenvalue weighted by Gasteiger charge is 2.22. The van der Waals surface area contributed by atoms with Gasteiger partial charge in [0.2, 0.25) is 0 Å². The van der Waals surface area contributed by atoms with Gasteiger partial charge in [-0.25, -0.2) is 0 Å². The van der Waals surface area contributed by atoms with Crippen molar-refractivity contribution >= 4 is 16.1 Å². The van der Waals surface area contributed by atoms with Crippen LogP contribution in [0.1, 0.15) is 161 Å². The van der Waals surface area contributed by atoms with Gasteiger partial charge in [-0.2, -0.15) is 8.42 Å². The fraction of sp³-hybridized carbons (Fsp3) is 0.781. The first-order valence-corrected chi connectivity index (χ1v) is 17.0. The Hall–Kier alpha value is -1.36. The topological polar surface area (TPSA) is 60.4 Å². The van der Waals surface area contributed by atoms with Crippen molar-refractivity contribution in [3.63, 3.8) is 0 Å². The van der Waals surface area contributed by atoms with Crippen molar-refractivity contribution in [3.8, 4) is 0 Å². The zero-order valence-electron chi connectivity index (χ0n) is 24.1. The van der Waals surface area contributed by atoms with Gasteiger partial charge in [-0.3, -0.25) is 4.79 Å². The van der Waals surface area contributed by atoms with Crippen LogP contribution in [0, 0.1) is 0 Å². The average molecular weight is 537 g/mol. The standard InChI is InChI=1S/C32H56O4S/c1-3-5-7-9-11-12-13-14-15-16-17-19-20-22-26-30-27-24-25-28-31(30)37(34,35)36-32(33)29-23-21-18-10-8-6-4-2/h24-25,27-28H,3-23,26,29H2,1-2H3. The first-order chi connectivity index (χ1) is 18.0. The van der Waals surface area contributed by atoms with Gasteiger partial charge in [0.1, 0.15) is 4.90 Å². The van der Waals surface area contributed by atoms with Crippen molar-refractivity contribution in [1.82, 2.24) is 0 Å². The Morgan fingerprint density at radius 3 is 1.49 bits per heavy atom. The molecule has 214 valence electrons. The van der Waals surface area contributed by atoms with Crippen LogP contribution in [0.2, 0.25) is 0 Å². The summed E-state index contributed by atoms with van der Waals surface area (Å²) in [5, 5.41) is 0. The Bertz CT molecular complexity index is 788. The number of aryl methyl sites for hydroxylation is 1. The number of hydrogen-bond acceptors (Lipinski definition) is 4. The average Bonchev–Trinajstić information content (AvgIpc) is 2.88. The summed E-state index contributed by atoms with van der Waals surface area (Å²) in [4.78, 5) is 12.3. The lowest BCUT2D eigenvalue weighted by Crippen LogP contribution is -2.15. The summed E-state index contributed by atoms with van der Waals surface area (Å²) in [5.74, 6) is -0.639. The highest BCUT2D eigenvalue weighted by atomic mass is 32.2. The van der Waals surface area contributed by atoms with Crippen molar-refractivity contribution in [2.24, 2.45) is 0 Å². The molecule has 5 heteroatoms. The molecule has 0 unspecified atom stereocenters. The molecule has 0 spiro atoms. The van der Waals surface area contributed by atoms with Gasteiger partial charge in [-0.05, 0) is 30.9 Å². The number of carbonyl (C=O) groups is 1. The van der Waals surface area contributed by atoms with Crippen LogP contribution in [0.5, 0.6) is 0 Å². The molecule has 0 aliphatic rings. The molecule has 0 heterocycles. The number of unbranched alkanes of at least 4 members (excludes halogenated alkanes) is 19. The molecule has 0 amide bonds. The molecular weight excluding hydrogens is 480 g/mol. The second kappa shape index (κ2) is 22.6. The minimum atomic E-state index is -4.06. The molecule has 0 aliphatic carbocycles. The zero-order chi connectivity index (χ0) is 27.0. The molecular formula is C32H56O4S. The summed E-state index contributed by atoms with van der Waals surface area (Å²) in [5.41, 5.74) is 0.755. The van der Waals surface area contributed by atoms with Gasteiger partial charge in [-0.15, -0.1) is 0 Å². The van der Waals surface area contributed by atoms with E-state index in [4.69, 9.17) is 4.18 Å². The lowest BCUT2D eigenvalue weighted by molar-refractivity contribution is -0.133. The van der Waals surface area contributed by atoms with E-state index in [1.54, 1.807) is 12.1 Å². The Morgan fingerprint density at radius 1 is 0.595 bits per heavy atom. The summed E-state index contributed by atoms with van der Waals surface area (Å²) in [6.07, 6.45) is 26.6. The van der Waals surface area contributed by atoms with E-state index in [1.165, 1.54) is 103 Å². The number of benzene rings is 1. The largest absolute Gasteiger partial charge is 0.342 e. The van der Waals surface area contributed by atoms with Crippen molar-refractivity contribution in [3.05, 3.63) is 29.8 Å². The van der Waals surface area contributed by atoms with Gasteiger partial charge in [0.05, 0.1) is 0 Å². The smallest absolute Gasteiger partial charge is 0.341 e. The third-order valence-corrected chi connectivity index (χ3v) is 8.57. The Morgan fingerprint density at radius 2 is 1.00 bits per heavy atom. The molecule has 0 radical (unpaired) electrons. The third kappa shape index (κ3) is 17.7. The van der Waals surface area contributed by atoms with Crippen LogP contribution in [0.3, 0.4) is 0 Å². The molecule has 0 N–H and O–H groups in total. The monoisotopic (exact) mass is 536 g/mol. The van der Waals surface area contributed by atoms with E-state index in [-0.39, 0.29) is 11.3 Å². The minimum absolute atomic E-state index is 0.151. The Labute approximate surface area is 229 Å². The first-order valence-electron chi connectivity index (χ1n) is 15.6. The molecule has 37 heavy (non-hydrogen) atoms. The van der Waals surface area contributed by atoms with E-state index in [0.29, 0.717) is 12.8 Å². The maximum Gasteiger partial charge on any atom is 0.341 e. The molecule has 0 saturated heterocycles. The quantitative estimate of drug-likeness (QED) is 0.0921. The van der Waals surface area contributed by atoms with Crippen molar-refractivity contribution in [2.45, 2.75) is 166 Å². The van der Waals surface area contributed by atoms with E-state index in [9.17, 15) is 13.2 Å². The number of rotatable bonds is 25. The van der Waals surface area contributed by atoms with E-state index in [0.717, 1.165) is 31.2 Å². The molecule has 1 aromatic rings. The lowest BCUT2D eigenvalue weighted by Gasteiger charge is -2.11. The molecule has 0 bridgehead atoms. The fourth-order valence-electron chi connectivity index (χ4n) is 4.90. The van der Waals surface area contributed by atoms with Crippen LogP contribution in [-0.4, -0.2) is 14.4 Å². The molecule has 0 fully saturated rings. The Balaban J connectivity index is 2.21. The molecule has 0 aromatic heterocycles. The molecule has 1 aromatic carbocycles. The van der Waals surface area contributed by atoms with Crippen LogP contribution in [0.15, 0.2) is 29.2 Å². The van der Waals surface area contributed by atoms with Crippen LogP contribution < -0.4 is 0 Å². The highest BCUT2D eigenvalue weighted by Crippen LogP contribution is 2.22. The van der Waals surface area contributed by atoms with Gasteiger partial charge in [0, 0.05) is 6.42 Å². The summed E-state index contributed by atoms with van der Waals surface area (Å²) >= 11 is 0. The molecule has 0 aliphatic heterocycles. The molecule has 4 nitrogen and oxygen atoms in total. The highest BCUT2D eigenvalue weighted by molar-refractivity contribution is 7.87. The number of hydrogen-bond donors (Lipinski definition) is 0. The predicted molar refractivity (Wildman–Crippen MR) is 156 cm³/mol. The first kappa shape index (κ1) is 33.7. The summed E-state index contributed by atoms with van der Waals surface area (Å²) < 4.78 is 30.5. The van der Waals surface area contributed by atoms with Gasteiger partial charge < -0.3 is 4.18 Å². The SMILES string of the molecule is CCCCCCCCCCCCCCCCc1ccccc1S(=O)(=O)OC(=O)CCCCCCCCC. The maximum absolute atomic E-state index is 12.8. The maximum atomic E-state index is 12.8. The zero-order valence-corrected chi connectivity index (χ0v) is 24.9.